The summed E-state index contributed by atoms with van der Waals surface area (Å²) in [6.45, 7) is 0. The predicted molar refractivity (Wildman–Crippen MR) is 126 cm³/mol. The van der Waals surface area contributed by atoms with E-state index in [1.165, 1.54) is 6.07 Å². The molecule has 0 heterocycles. The van der Waals surface area contributed by atoms with E-state index >= 15 is 0 Å². The molecule has 0 aliphatic heterocycles. The van der Waals surface area contributed by atoms with Crippen LogP contribution >= 0.6 is 23.8 Å². The van der Waals surface area contributed by atoms with Crippen LogP contribution in [0.3, 0.4) is 0 Å². The monoisotopic (exact) mass is 460 g/mol. The number of amides is 1. The molecule has 3 N–H and O–H groups in total. The molecule has 5 nitrogen and oxygen atoms in total. The third-order valence-corrected chi connectivity index (χ3v) is 4.81. The fourth-order valence-electron chi connectivity index (χ4n) is 2.83. The van der Waals surface area contributed by atoms with Crippen molar-refractivity contribution in [3.8, 4) is 0 Å². The first-order valence-corrected chi connectivity index (χ1v) is 9.94. The lowest BCUT2D eigenvalue weighted by molar-refractivity contribution is 0.101. The van der Waals surface area contributed by atoms with Gasteiger partial charge in [-0.15, -0.1) is 0 Å². The van der Waals surface area contributed by atoms with E-state index in [-0.39, 0.29) is 5.11 Å². The lowest BCUT2D eigenvalue weighted by Gasteiger charge is -2.17. The van der Waals surface area contributed by atoms with Crippen LogP contribution in [0, 0.1) is 11.6 Å². The molecule has 0 radical (unpaired) electrons. The molecule has 0 aliphatic rings. The second-order valence-electron chi connectivity index (χ2n) is 6.74. The molecule has 1 amide bonds. The van der Waals surface area contributed by atoms with Gasteiger partial charge in [0.1, 0.15) is 17.2 Å². The van der Waals surface area contributed by atoms with Crippen molar-refractivity contribution < 1.29 is 13.6 Å². The third kappa shape index (κ3) is 5.48. The fourth-order valence-corrected chi connectivity index (χ4v) is 3.41. The van der Waals surface area contributed by atoms with Crippen molar-refractivity contribution in [2.45, 2.75) is 0 Å². The van der Waals surface area contributed by atoms with Gasteiger partial charge in [-0.2, -0.15) is 0 Å². The number of para-hydroxylation sites is 2. The van der Waals surface area contributed by atoms with Crippen LogP contribution in [0.1, 0.15) is 10.4 Å². The molecule has 0 bridgehead atoms. The van der Waals surface area contributed by atoms with E-state index in [4.69, 9.17) is 23.8 Å². The van der Waals surface area contributed by atoms with E-state index in [1.54, 1.807) is 30.3 Å². The van der Waals surface area contributed by atoms with Gasteiger partial charge in [-0.1, -0.05) is 29.8 Å². The molecular formula is C22H19ClF2N4OS. The zero-order valence-electron chi connectivity index (χ0n) is 16.7. The second-order valence-corrected chi connectivity index (χ2v) is 7.55. The summed E-state index contributed by atoms with van der Waals surface area (Å²) in [5, 5.41) is 9.29. The van der Waals surface area contributed by atoms with Gasteiger partial charge in [0.2, 0.25) is 0 Å². The second kappa shape index (κ2) is 9.72. The first kappa shape index (κ1) is 22.5. The largest absolute Gasteiger partial charge is 0.376 e. The summed E-state index contributed by atoms with van der Waals surface area (Å²) in [7, 11) is 3.78. The van der Waals surface area contributed by atoms with E-state index in [1.807, 2.05) is 31.1 Å². The summed E-state index contributed by atoms with van der Waals surface area (Å²) in [6, 6.07) is 15.3. The first-order valence-electron chi connectivity index (χ1n) is 9.15. The van der Waals surface area contributed by atoms with Gasteiger partial charge in [0, 0.05) is 19.8 Å². The highest BCUT2D eigenvalue weighted by molar-refractivity contribution is 7.80. The Hall–Kier alpha value is -3.23. The van der Waals surface area contributed by atoms with Crippen LogP contribution in [0.2, 0.25) is 5.02 Å². The number of carbonyl (C=O) groups is 1. The van der Waals surface area contributed by atoms with Crippen molar-refractivity contribution in [3.63, 3.8) is 0 Å². The van der Waals surface area contributed by atoms with Gasteiger partial charge in [-0.05, 0) is 54.7 Å². The van der Waals surface area contributed by atoms with Crippen LogP contribution in [0.5, 0.6) is 0 Å². The molecule has 0 atom stereocenters. The molecule has 31 heavy (non-hydrogen) atoms. The van der Waals surface area contributed by atoms with Gasteiger partial charge in [0.15, 0.2) is 5.11 Å². The smallest absolute Gasteiger partial charge is 0.261 e. The number of carbonyl (C=O) groups excluding carboxylic acids is 1. The molecule has 3 aromatic rings. The van der Waals surface area contributed by atoms with Crippen molar-refractivity contribution in [2.75, 3.05) is 34.9 Å². The molecule has 160 valence electrons. The Kier molecular flexibility index (Phi) is 7.04. The standard InChI is InChI=1S/C22H19ClF2N4OS/c1-29(2)19-11-10-13(12-14(19)23)26-22(31)28-18-9-4-3-8-17(18)27-21(30)20-15(24)6-5-7-16(20)25/h3-12H,1-2H3,(H,27,30)(H2,26,28,31). The summed E-state index contributed by atoms with van der Waals surface area (Å²) in [5.74, 6) is -2.80. The quantitative estimate of drug-likeness (QED) is 0.423. The van der Waals surface area contributed by atoms with Gasteiger partial charge < -0.3 is 20.9 Å². The minimum absolute atomic E-state index is 0.243. The Morgan fingerprint density at radius 2 is 1.52 bits per heavy atom. The Morgan fingerprint density at radius 1 is 0.903 bits per heavy atom. The predicted octanol–water partition coefficient (Wildman–Crippen LogP) is 5.75. The molecular weight excluding hydrogens is 442 g/mol. The zero-order valence-corrected chi connectivity index (χ0v) is 18.2. The topological polar surface area (TPSA) is 56.4 Å². The molecule has 0 fully saturated rings. The zero-order chi connectivity index (χ0) is 22.5. The van der Waals surface area contributed by atoms with Gasteiger partial charge >= 0.3 is 0 Å². The average molecular weight is 461 g/mol. The number of thiocarbonyl (C=S) groups is 1. The van der Waals surface area contributed by atoms with Crippen LogP contribution in [0.4, 0.5) is 31.5 Å². The van der Waals surface area contributed by atoms with Crippen molar-refractivity contribution in [1.29, 1.82) is 0 Å². The lowest BCUT2D eigenvalue weighted by atomic mass is 10.1. The van der Waals surface area contributed by atoms with Crippen LogP contribution < -0.4 is 20.9 Å². The molecule has 0 aromatic heterocycles. The van der Waals surface area contributed by atoms with Gasteiger partial charge in [-0.3, -0.25) is 4.79 Å². The van der Waals surface area contributed by atoms with Crippen LogP contribution in [0.15, 0.2) is 60.7 Å². The van der Waals surface area contributed by atoms with Gasteiger partial charge in [-0.25, -0.2) is 8.78 Å². The van der Waals surface area contributed by atoms with E-state index in [0.29, 0.717) is 22.1 Å². The fraction of sp³-hybridized carbons (Fsp3) is 0.0909. The summed E-state index contributed by atoms with van der Waals surface area (Å²) in [6.07, 6.45) is 0. The van der Waals surface area contributed by atoms with Crippen LogP contribution in [-0.2, 0) is 0 Å². The molecule has 0 saturated heterocycles. The summed E-state index contributed by atoms with van der Waals surface area (Å²) >= 11 is 11.6. The number of hydrogen-bond acceptors (Lipinski definition) is 3. The number of anilines is 4. The number of benzene rings is 3. The van der Waals surface area contributed by atoms with Gasteiger partial charge in [0.25, 0.3) is 5.91 Å². The van der Waals surface area contributed by atoms with Gasteiger partial charge in [0.05, 0.1) is 22.1 Å². The normalized spacial score (nSPS) is 10.4. The Bertz CT molecular complexity index is 1120. The molecule has 9 heteroatoms. The Balaban J connectivity index is 1.74. The molecule has 0 unspecified atom stereocenters. The summed E-state index contributed by atoms with van der Waals surface area (Å²) in [4.78, 5) is 14.3. The first-order chi connectivity index (χ1) is 14.8. The van der Waals surface area contributed by atoms with Crippen molar-refractivity contribution in [3.05, 3.63) is 82.9 Å². The van der Waals surface area contributed by atoms with Crippen molar-refractivity contribution in [1.82, 2.24) is 0 Å². The number of rotatable bonds is 5. The number of nitrogens with one attached hydrogen (secondary N) is 3. The molecule has 3 aromatic carbocycles. The highest BCUT2D eigenvalue weighted by atomic mass is 35.5. The molecule has 0 saturated carbocycles. The SMILES string of the molecule is CN(C)c1ccc(NC(=S)Nc2ccccc2NC(=O)c2c(F)cccc2F)cc1Cl. The van der Waals surface area contributed by atoms with E-state index in [0.717, 1.165) is 17.8 Å². The Morgan fingerprint density at radius 3 is 2.10 bits per heavy atom. The number of nitrogens with zero attached hydrogens (tertiary/aromatic N) is 1. The van der Waals surface area contributed by atoms with Crippen molar-refractivity contribution >= 4 is 57.6 Å². The van der Waals surface area contributed by atoms with E-state index in [9.17, 15) is 13.6 Å². The highest BCUT2D eigenvalue weighted by Gasteiger charge is 2.18. The van der Waals surface area contributed by atoms with Crippen molar-refractivity contribution in [2.24, 2.45) is 0 Å². The summed E-state index contributed by atoms with van der Waals surface area (Å²) < 4.78 is 27.8. The maximum Gasteiger partial charge on any atom is 0.261 e. The van der Waals surface area contributed by atoms with E-state index in [2.05, 4.69) is 16.0 Å². The summed E-state index contributed by atoms with van der Waals surface area (Å²) in [5.41, 5.74) is 1.62. The molecule has 0 aliphatic carbocycles. The number of hydrogen-bond donors (Lipinski definition) is 3. The maximum atomic E-state index is 13.9. The average Bonchev–Trinajstić information content (AvgIpc) is 2.69. The van der Waals surface area contributed by atoms with E-state index < -0.39 is 23.1 Å². The minimum atomic E-state index is -0.946. The Labute approximate surface area is 189 Å². The van der Waals surface area contributed by atoms with Crippen LogP contribution in [0.25, 0.3) is 0 Å². The molecule has 0 spiro atoms. The minimum Gasteiger partial charge on any atom is -0.376 e. The highest BCUT2D eigenvalue weighted by Crippen LogP contribution is 2.28. The third-order valence-electron chi connectivity index (χ3n) is 4.30. The maximum absolute atomic E-state index is 13.9. The number of halogens is 3. The lowest BCUT2D eigenvalue weighted by Crippen LogP contribution is -2.21. The molecule has 3 rings (SSSR count). The van der Waals surface area contributed by atoms with Crippen LogP contribution in [-0.4, -0.2) is 25.1 Å².